The third-order valence-electron chi connectivity index (χ3n) is 3.50. The normalized spacial score (nSPS) is 14.8. The molecule has 3 rings (SSSR count). The number of benzene rings is 1. The molecule has 1 N–H and O–H groups in total. The van der Waals surface area contributed by atoms with Crippen molar-refractivity contribution in [2.24, 2.45) is 0 Å². The van der Waals surface area contributed by atoms with Gasteiger partial charge in [0.15, 0.2) is 0 Å². The lowest BCUT2D eigenvalue weighted by Gasteiger charge is -2.28. The van der Waals surface area contributed by atoms with Crippen LogP contribution in [-0.4, -0.2) is 41.4 Å². The van der Waals surface area contributed by atoms with Crippen LogP contribution >= 0.6 is 0 Å². The lowest BCUT2D eigenvalue weighted by Crippen LogP contribution is -2.36. The number of anilines is 1. The van der Waals surface area contributed by atoms with Gasteiger partial charge in [-0.3, -0.25) is 14.9 Å². The molecular weight excluding hydrogens is 288 g/mol. The van der Waals surface area contributed by atoms with Crippen molar-refractivity contribution in [1.82, 2.24) is 10.2 Å². The Morgan fingerprint density at radius 1 is 1.23 bits per heavy atom. The van der Waals surface area contributed by atoms with Gasteiger partial charge in [-0.25, -0.2) is 5.10 Å². The molecule has 1 saturated heterocycles. The van der Waals surface area contributed by atoms with E-state index in [-0.39, 0.29) is 11.2 Å². The summed E-state index contributed by atoms with van der Waals surface area (Å²) in [7, 11) is 0. The van der Waals surface area contributed by atoms with Gasteiger partial charge in [-0.1, -0.05) is 6.07 Å². The first-order valence-electron chi connectivity index (χ1n) is 6.82. The van der Waals surface area contributed by atoms with E-state index in [0.717, 1.165) is 0 Å². The Hall–Kier alpha value is -2.74. The van der Waals surface area contributed by atoms with Gasteiger partial charge in [0.05, 0.1) is 23.8 Å². The monoisotopic (exact) mass is 302 g/mol. The number of ether oxygens (including phenoxy) is 1. The van der Waals surface area contributed by atoms with Crippen LogP contribution in [0.1, 0.15) is 0 Å². The van der Waals surface area contributed by atoms with Crippen LogP contribution in [0, 0.1) is 10.1 Å². The summed E-state index contributed by atoms with van der Waals surface area (Å²) in [5, 5.41) is 17.6. The molecule has 0 spiro atoms. The Labute approximate surface area is 125 Å². The molecule has 0 amide bonds. The minimum Gasteiger partial charge on any atom is -0.378 e. The van der Waals surface area contributed by atoms with Crippen LogP contribution in [0.2, 0.25) is 0 Å². The lowest BCUT2D eigenvalue weighted by atomic mass is 10.1. The summed E-state index contributed by atoms with van der Waals surface area (Å²) >= 11 is 0. The van der Waals surface area contributed by atoms with Gasteiger partial charge in [0.1, 0.15) is 5.69 Å². The van der Waals surface area contributed by atoms with Gasteiger partial charge in [0, 0.05) is 30.8 Å². The predicted molar refractivity (Wildman–Crippen MR) is 80.0 cm³/mol. The second kappa shape index (κ2) is 5.94. The molecule has 0 radical (unpaired) electrons. The van der Waals surface area contributed by atoms with E-state index in [2.05, 4.69) is 10.2 Å². The minimum atomic E-state index is -0.403. The number of hydrogen-bond acceptors (Lipinski definition) is 6. The van der Waals surface area contributed by atoms with Gasteiger partial charge in [-0.15, -0.1) is 0 Å². The Balaban J connectivity index is 2.01. The topological polar surface area (TPSA) is 101 Å². The second-order valence-corrected chi connectivity index (χ2v) is 4.87. The first kappa shape index (κ1) is 14.2. The van der Waals surface area contributed by atoms with Crippen LogP contribution in [0.25, 0.3) is 11.3 Å². The largest absolute Gasteiger partial charge is 0.378 e. The average molecular weight is 302 g/mol. The van der Waals surface area contributed by atoms with Gasteiger partial charge in [0.25, 0.3) is 11.2 Å². The number of nitro groups is 1. The summed E-state index contributed by atoms with van der Waals surface area (Å²) in [5.74, 6) is 0. The molecule has 114 valence electrons. The number of aromatic nitrogens is 2. The molecule has 2 heterocycles. The molecule has 1 aromatic heterocycles. The molecule has 0 saturated carbocycles. The quantitative estimate of drug-likeness (QED) is 0.675. The summed E-state index contributed by atoms with van der Waals surface area (Å²) in [6, 6.07) is 7.83. The van der Waals surface area contributed by atoms with Crippen LogP contribution in [-0.2, 0) is 4.74 Å². The number of morpholine rings is 1. The van der Waals surface area contributed by atoms with E-state index in [1.165, 1.54) is 18.2 Å². The fourth-order valence-corrected chi connectivity index (χ4v) is 2.41. The number of nitrogens with one attached hydrogen (secondary N) is 1. The Bertz CT molecular complexity index is 732. The number of nitrogens with zero attached hydrogens (tertiary/aromatic N) is 3. The Kier molecular flexibility index (Phi) is 3.84. The predicted octanol–water partition coefficient (Wildman–Crippen LogP) is 1.18. The minimum absolute atomic E-state index is 0.0207. The molecule has 22 heavy (non-hydrogen) atoms. The number of rotatable bonds is 3. The molecule has 1 fully saturated rings. The highest BCUT2D eigenvalue weighted by Gasteiger charge is 2.22. The van der Waals surface area contributed by atoms with Gasteiger partial charge in [-0.05, 0) is 12.1 Å². The zero-order valence-corrected chi connectivity index (χ0v) is 11.7. The molecule has 8 nitrogen and oxygen atoms in total. The van der Waals surface area contributed by atoms with E-state index < -0.39 is 4.92 Å². The van der Waals surface area contributed by atoms with Crippen molar-refractivity contribution in [2.45, 2.75) is 0 Å². The van der Waals surface area contributed by atoms with E-state index in [4.69, 9.17) is 4.74 Å². The van der Waals surface area contributed by atoms with Crippen molar-refractivity contribution >= 4 is 11.4 Å². The van der Waals surface area contributed by atoms with E-state index in [1.807, 2.05) is 4.90 Å². The molecule has 1 aliphatic rings. The SMILES string of the molecule is O=c1ccc(-c2ccc(N3CCOCC3)c([N+](=O)[O-])c2)n[nH]1. The molecular formula is C14H14N4O4. The van der Waals surface area contributed by atoms with E-state index in [0.29, 0.717) is 43.2 Å². The van der Waals surface area contributed by atoms with Gasteiger partial charge in [-0.2, -0.15) is 5.10 Å². The summed E-state index contributed by atoms with van der Waals surface area (Å²) in [6.45, 7) is 2.36. The summed E-state index contributed by atoms with van der Waals surface area (Å²) < 4.78 is 5.27. The third-order valence-corrected chi connectivity index (χ3v) is 3.50. The molecule has 8 heteroatoms. The zero-order chi connectivity index (χ0) is 15.5. The van der Waals surface area contributed by atoms with Crippen LogP contribution in [0.5, 0.6) is 0 Å². The van der Waals surface area contributed by atoms with Crippen LogP contribution in [0.4, 0.5) is 11.4 Å². The number of aromatic amines is 1. The van der Waals surface area contributed by atoms with Gasteiger partial charge < -0.3 is 9.64 Å². The highest BCUT2D eigenvalue weighted by Crippen LogP contribution is 2.32. The zero-order valence-electron chi connectivity index (χ0n) is 11.7. The maximum absolute atomic E-state index is 11.4. The number of hydrogen-bond donors (Lipinski definition) is 1. The maximum Gasteiger partial charge on any atom is 0.293 e. The molecule has 0 unspecified atom stereocenters. The van der Waals surface area contributed by atoms with Gasteiger partial charge >= 0.3 is 0 Å². The smallest absolute Gasteiger partial charge is 0.293 e. The van der Waals surface area contributed by atoms with Crippen molar-refractivity contribution in [3.8, 4) is 11.3 Å². The first-order chi connectivity index (χ1) is 10.6. The molecule has 0 atom stereocenters. The molecule has 2 aromatic rings. The summed E-state index contributed by atoms with van der Waals surface area (Å²) in [6.07, 6.45) is 0. The van der Waals surface area contributed by atoms with E-state index in [9.17, 15) is 14.9 Å². The summed E-state index contributed by atoms with van der Waals surface area (Å²) in [5.41, 5.74) is 1.34. The summed E-state index contributed by atoms with van der Waals surface area (Å²) in [4.78, 5) is 23.9. The molecule has 0 aliphatic carbocycles. The second-order valence-electron chi connectivity index (χ2n) is 4.87. The van der Waals surface area contributed by atoms with Crippen molar-refractivity contribution in [2.75, 3.05) is 31.2 Å². The van der Waals surface area contributed by atoms with Crippen molar-refractivity contribution in [1.29, 1.82) is 0 Å². The number of H-pyrrole nitrogens is 1. The highest BCUT2D eigenvalue weighted by molar-refractivity contribution is 5.72. The molecule has 1 aliphatic heterocycles. The fourth-order valence-electron chi connectivity index (χ4n) is 2.41. The van der Waals surface area contributed by atoms with Crippen molar-refractivity contribution < 1.29 is 9.66 Å². The maximum atomic E-state index is 11.4. The molecule has 1 aromatic carbocycles. The first-order valence-corrected chi connectivity index (χ1v) is 6.82. The standard InChI is InChI=1S/C14H14N4O4/c19-14-4-2-11(15-16-14)10-1-3-12(13(9-10)18(20)21)17-5-7-22-8-6-17/h1-4,9H,5-8H2,(H,16,19). The van der Waals surface area contributed by atoms with Gasteiger partial charge in [0.2, 0.25) is 0 Å². The number of nitro benzene ring substituents is 1. The van der Waals surface area contributed by atoms with Crippen LogP contribution < -0.4 is 10.5 Å². The Morgan fingerprint density at radius 3 is 2.64 bits per heavy atom. The van der Waals surface area contributed by atoms with Crippen LogP contribution in [0.3, 0.4) is 0 Å². The third kappa shape index (κ3) is 2.82. The van der Waals surface area contributed by atoms with Crippen LogP contribution in [0.15, 0.2) is 35.1 Å². The average Bonchev–Trinajstić information content (AvgIpc) is 2.56. The van der Waals surface area contributed by atoms with Crippen molar-refractivity contribution in [3.63, 3.8) is 0 Å². The molecule has 0 bridgehead atoms. The fraction of sp³-hybridized carbons (Fsp3) is 0.286. The highest BCUT2D eigenvalue weighted by atomic mass is 16.6. The van der Waals surface area contributed by atoms with Crippen molar-refractivity contribution in [3.05, 3.63) is 50.8 Å². The van der Waals surface area contributed by atoms with E-state index in [1.54, 1.807) is 12.1 Å². The van der Waals surface area contributed by atoms with E-state index >= 15 is 0 Å². The lowest BCUT2D eigenvalue weighted by molar-refractivity contribution is -0.384. The Morgan fingerprint density at radius 2 is 2.00 bits per heavy atom.